The molecule has 3 rings (SSSR count). The van der Waals surface area contributed by atoms with Gasteiger partial charge in [0.25, 0.3) is 0 Å². The molecule has 2 aromatic rings. The highest BCUT2D eigenvalue weighted by Gasteiger charge is 2.20. The van der Waals surface area contributed by atoms with Crippen LogP contribution in [0, 0.1) is 18.3 Å². The van der Waals surface area contributed by atoms with Crippen LogP contribution in [0.25, 0.3) is 0 Å². The summed E-state index contributed by atoms with van der Waals surface area (Å²) < 4.78 is 0. The number of aryl methyl sites for hydroxylation is 1. The number of piperazine rings is 1. The van der Waals surface area contributed by atoms with Gasteiger partial charge < -0.3 is 10.2 Å². The maximum Gasteiger partial charge on any atom is 0.238 e. The Hall–Kier alpha value is -2.84. The van der Waals surface area contributed by atoms with E-state index in [1.54, 1.807) is 0 Å². The first-order valence-electron chi connectivity index (χ1n) is 8.94. The van der Waals surface area contributed by atoms with Crippen molar-refractivity contribution < 1.29 is 4.79 Å². The molecule has 1 aliphatic rings. The Morgan fingerprint density at radius 1 is 1.08 bits per heavy atom. The number of nitrogens with one attached hydrogen (secondary N) is 1. The van der Waals surface area contributed by atoms with Crippen LogP contribution in [0.4, 0.5) is 11.4 Å². The van der Waals surface area contributed by atoms with Crippen molar-refractivity contribution >= 4 is 17.3 Å². The number of amides is 1. The van der Waals surface area contributed by atoms with Crippen LogP contribution in [-0.4, -0.2) is 43.5 Å². The second-order valence-electron chi connectivity index (χ2n) is 6.63. The number of para-hydroxylation sites is 1. The lowest BCUT2D eigenvalue weighted by Gasteiger charge is -2.36. The van der Waals surface area contributed by atoms with E-state index in [1.165, 1.54) is 11.3 Å². The molecule has 1 aliphatic heterocycles. The molecule has 0 aliphatic carbocycles. The smallest absolute Gasteiger partial charge is 0.238 e. The van der Waals surface area contributed by atoms with E-state index in [4.69, 9.17) is 5.26 Å². The molecule has 1 fully saturated rings. The van der Waals surface area contributed by atoms with E-state index in [2.05, 4.69) is 52.4 Å². The van der Waals surface area contributed by atoms with Crippen LogP contribution in [0.1, 0.15) is 11.1 Å². The van der Waals surface area contributed by atoms with Gasteiger partial charge in [-0.25, -0.2) is 0 Å². The summed E-state index contributed by atoms with van der Waals surface area (Å²) in [5, 5.41) is 11.6. The quantitative estimate of drug-likeness (QED) is 0.903. The van der Waals surface area contributed by atoms with Crippen LogP contribution in [0.2, 0.25) is 0 Å². The fourth-order valence-electron chi connectivity index (χ4n) is 3.27. The summed E-state index contributed by atoms with van der Waals surface area (Å²) in [5.41, 5.74) is 4.31. The second-order valence-corrected chi connectivity index (χ2v) is 6.63. The Labute approximate surface area is 154 Å². The Morgan fingerprint density at radius 2 is 1.77 bits per heavy atom. The highest BCUT2D eigenvalue weighted by Crippen LogP contribution is 2.20. The van der Waals surface area contributed by atoms with Crippen LogP contribution in [0.3, 0.4) is 0 Å². The maximum absolute atomic E-state index is 12.3. The van der Waals surface area contributed by atoms with Crippen LogP contribution < -0.4 is 10.2 Å². The van der Waals surface area contributed by atoms with Gasteiger partial charge in [-0.2, -0.15) is 5.26 Å². The zero-order valence-corrected chi connectivity index (χ0v) is 15.1. The van der Waals surface area contributed by atoms with Crippen molar-refractivity contribution in [2.24, 2.45) is 0 Å². The maximum atomic E-state index is 12.3. The fourth-order valence-corrected chi connectivity index (χ4v) is 3.27. The van der Waals surface area contributed by atoms with Gasteiger partial charge in [0.15, 0.2) is 0 Å². The third-order valence-corrected chi connectivity index (χ3v) is 4.72. The second kappa shape index (κ2) is 8.50. The molecule has 0 bridgehead atoms. The minimum atomic E-state index is 0.00220. The van der Waals surface area contributed by atoms with E-state index in [1.807, 2.05) is 24.3 Å². The number of carbonyl (C=O) groups excluding carboxylic acids is 1. The zero-order chi connectivity index (χ0) is 18.4. The van der Waals surface area contributed by atoms with Crippen LogP contribution in [0.15, 0.2) is 48.5 Å². The normalized spacial score (nSPS) is 14.7. The van der Waals surface area contributed by atoms with E-state index in [-0.39, 0.29) is 5.91 Å². The van der Waals surface area contributed by atoms with Crippen molar-refractivity contribution in [3.63, 3.8) is 0 Å². The monoisotopic (exact) mass is 348 g/mol. The molecule has 0 unspecified atom stereocenters. The van der Waals surface area contributed by atoms with E-state index in [0.717, 1.165) is 37.4 Å². The van der Waals surface area contributed by atoms with Gasteiger partial charge in [0.1, 0.15) is 0 Å². The SMILES string of the molecule is Cc1ccccc1N1CCN(CC(=O)Nc2ccc(CC#N)cc2)CC1. The summed E-state index contributed by atoms with van der Waals surface area (Å²) >= 11 is 0. The molecule has 5 heteroatoms. The predicted molar refractivity (Wildman–Crippen MR) is 104 cm³/mol. The molecule has 26 heavy (non-hydrogen) atoms. The molecule has 5 nitrogen and oxygen atoms in total. The summed E-state index contributed by atoms with van der Waals surface area (Å²) in [7, 11) is 0. The van der Waals surface area contributed by atoms with Crippen LogP contribution in [0.5, 0.6) is 0 Å². The minimum Gasteiger partial charge on any atom is -0.369 e. The number of hydrogen-bond acceptors (Lipinski definition) is 4. The molecule has 2 aromatic carbocycles. The summed E-state index contributed by atoms with van der Waals surface area (Å²) in [5.74, 6) is 0.00220. The average Bonchev–Trinajstić information content (AvgIpc) is 2.65. The topological polar surface area (TPSA) is 59.4 Å². The largest absolute Gasteiger partial charge is 0.369 e. The lowest BCUT2D eigenvalue weighted by Crippen LogP contribution is -2.48. The van der Waals surface area contributed by atoms with Gasteiger partial charge in [-0.15, -0.1) is 0 Å². The van der Waals surface area contributed by atoms with Crippen molar-refractivity contribution in [1.82, 2.24) is 4.90 Å². The Balaban J connectivity index is 1.47. The van der Waals surface area contributed by atoms with Crippen molar-refractivity contribution in [2.75, 3.05) is 42.9 Å². The first-order valence-corrected chi connectivity index (χ1v) is 8.94. The van der Waals surface area contributed by atoms with Gasteiger partial charge in [-0.05, 0) is 36.2 Å². The highest BCUT2D eigenvalue weighted by molar-refractivity contribution is 5.92. The Bertz CT molecular complexity index is 786. The molecular formula is C21H24N4O. The van der Waals surface area contributed by atoms with Gasteiger partial charge in [0, 0.05) is 37.6 Å². The number of hydrogen-bond donors (Lipinski definition) is 1. The minimum absolute atomic E-state index is 0.00220. The van der Waals surface area contributed by atoms with Crippen molar-refractivity contribution in [1.29, 1.82) is 5.26 Å². The molecule has 1 saturated heterocycles. The van der Waals surface area contributed by atoms with Crippen molar-refractivity contribution in [2.45, 2.75) is 13.3 Å². The Morgan fingerprint density at radius 3 is 2.42 bits per heavy atom. The number of rotatable bonds is 5. The fraction of sp³-hybridized carbons (Fsp3) is 0.333. The van der Waals surface area contributed by atoms with Gasteiger partial charge in [0.05, 0.1) is 19.0 Å². The van der Waals surface area contributed by atoms with Crippen LogP contribution in [-0.2, 0) is 11.2 Å². The Kier molecular flexibility index (Phi) is 5.88. The van der Waals surface area contributed by atoms with Crippen molar-refractivity contribution in [3.05, 3.63) is 59.7 Å². The van der Waals surface area contributed by atoms with Gasteiger partial charge in [-0.1, -0.05) is 30.3 Å². The van der Waals surface area contributed by atoms with Gasteiger partial charge in [0.2, 0.25) is 5.91 Å². The van der Waals surface area contributed by atoms with E-state index in [0.29, 0.717) is 13.0 Å². The molecule has 1 N–H and O–H groups in total. The number of carbonyl (C=O) groups is 1. The summed E-state index contributed by atoms with van der Waals surface area (Å²) in [6.07, 6.45) is 0.388. The molecular weight excluding hydrogens is 324 g/mol. The van der Waals surface area contributed by atoms with Gasteiger partial charge in [-0.3, -0.25) is 9.69 Å². The number of anilines is 2. The molecule has 0 atom stereocenters. The van der Waals surface area contributed by atoms with E-state index < -0.39 is 0 Å². The summed E-state index contributed by atoms with van der Waals surface area (Å²) in [6, 6.07) is 18.0. The third kappa shape index (κ3) is 4.62. The molecule has 0 aromatic heterocycles. The molecule has 1 heterocycles. The molecule has 0 spiro atoms. The highest BCUT2D eigenvalue weighted by atomic mass is 16.2. The number of benzene rings is 2. The zero-order valence-electron chi connectivity index (χ0n) is 15.1. The standard InChI is InChI=1S/C21H24N4O/c1-17-4-2-3-5-20(17)25-14-12-24(13-15-25)16-21(26)23-19-8-6-18(7-9-19)10-11-22/h2-9H,10,12-16H2,1H3,(H,23,26). The predicted octanol–water partition coefficient (Wildman–Crippen LogP) is 2.82. The lowest BCUT2D eigenvalue weighted by atomic mass is 10.1. The molecule has 134 valence electrons. The van der Waals surface area contributed by atoms with Crippen LogP contribution >= 0.6 is 0 Å². The average molecular weight is 348 g/mol. The summed E-state index contributed by atoms with van der Waals surface area (Å²) in [4.78, 5) is 16.9. The first kappa shape index (κ1) is 18.0. The van der Waals surface area contributed by atoms with Crippen molar-refractivity contribution in [3.8, 4) is 6.07 Å². The third-order valence-electron chi connectivity index (χ3n) is 4.72. The van der Waals surface area contributed by atoms with E-state index in [9.17, 15) is 4.79 Å². The number of nitrogens with zero attached hydrogens (tertiary/aromatic N) is 3. The summed E-state index contributed by atoms with van der Waals surface area (Å²) in [6.45, 7) is 6.16. The first-order chi connectivity index (χ1) is 12.7. The molecule has 0 saturated carbocycles. The molecule has 1 amide bonds. The lowest BCUT2D eigenvalue weighted by molar-refractivity contribution is -0.117. The molecule has 0 radical (unpaired) electrons. The van der Waals surface area contributed by atoms with Gasteiger partial charge >= 0.3 is 0 Å². The number of nitriles is 1. The van der Waals surface area contributed by atoms with E-state index >= 15 is 0 Å².